The second-order valence-electron chi connectivity index (χ2n) is 13.7. The zero-order chi connectivity index (χ0) is 38.8. The van der Waals surface area contributed by atoms with E-state index in [-0.39, 0.29) is 55.3 Å². The fraction of sp³-hybridized carbons (Fsp3) is 0.333. The third-order valence-corrected chi connectivity index (χ3v) is 11.6. The molecule has 0 aromatic carbocycles. The van der Waals surface area contributed by atoms with Crippen molar-refractivity contribution in [3.8, 4) is 0 Å². The number of aliphatic carboxylic acids is 1. The van der Waals surface area contributed by atoms with E-state index in [0.29, 0.717) is 18.5 Å². The van der Waals surface area contributed by atoms with Crippen LogP contribution in [0.15, 0.2) is 43.5 Å². The van der Waals surface area contributed by atoms with Crippen LogP contribution in [-0.2, 0) is 25.6 Å². The smallest absolute Gasteiger partial charge is 0.303 e. The normalized spacial score (nSPS) is 15.7. The number of amides is 3. The number of carbonyl (C=O) groups is 4. The second-order valence-corrected chi connectivity index (χ2v) is 15.2. The number of nitrogens with zero attached hydrogens (tertiary/aromatic N) is 3. The van der Waals surface area contributed by atoms with Crippen LogP contribution in [0.5, 0.6) is 0 Å². The van der Waals surface area contributed by atoms with E-state index >= 15 is 0 Å². The maximum absolute atomic E-state index is 13.2. The summed E-state index contributed by atoms with van der Waals surface area (Å²) < 4.78 is 0. The number of allylic oxidation sites excluding steroid dienone is 5. The summed E-state index contributed by atoms with van der Waals surface area (Å²) in [5.74, 6) is -0.746. The first-order valence-corrected chi connectivity index (χ1v) is 19.2. The minimum Gasteiger partial charge on any atom is -0.481 e. The van der Waals surface area contributed by atoms with Gasteiger partial charge in [-0.25, -0.2) is 9.97 Å². The van der Waals surface area contributed by atoms with E-state index in [9.17, 15) is 24.3 Å². The van der Waals surface area contributed by atoms with Crippen LogP contribution >= 0.6 is 11.8 Å². The number of carboxylic acids is 1. The number of fused-ring (bicyclic) bond motifs is 8. The highest BCUT2D eigenvalue weighted by Gasteiger charge is 2.38. The fourth-order valence-corrected chi connectivity index (χ4v) is 8.32. The Morgan fingerprint density at radius 1 is 0.889 bits per heavy atom. The average Bonchev–Trinajstić information content (AvgIpc) is 3.85. The number of aromatic amines is 2. The van der Waals surface area contributed by atoms with Gasteiger partial charge in [-0.15, -0.1) is 11.8 Å². The molecular weight excluding hydrogens is 701 g/mol. The standard InChI is InChI=1S/C42H46N6O5S/c1-8-26-22(4)30-17-31-25(7)29(12-14-41(51)52)37(46-31)20-36-28(11-13-39(49)43-15-16-48-40(50)21-38(42(48)53)54-10-3)24(6)33(47-36)19-35-27(9-2)23(5)32(45-35)18-34(26)44-30/h8-9,17-20,38,44,47H,1-2,10-16,21H2,3-7H3,(H,43,49)(H,51,52). The Balaban J connectivity index is 1.43. The fourth-order valence-electron chi connectivity index (χ4n) is 7.39. The number of aromatic nitrogens is 4. The van der Waals surface area contributed by atoms with Crippen molar-refractivity contribution in [3.05, 3.63) is 88.5 Å². The third-order valence-electron chi connectivity index (χ3n) is 10.5. The van der Waals surface area contributed by atoms with E-state index < -0.39 is 5.97 Å². The molecule has 54 heavy (non-hydrogen) atoms. The Labute approximate surface area is 318 Å². The number of nitrogens with one attached hydrogen (secondary N) is 3. The van der Waals surface area contributed by atoms with E-state index in [2.05, 4.69) is 28.4 Å². The molecule has 3 aliphatic rings. The summed E-state index contributed by atoms with van der Waals surface area (Å²) in [5.41, 5.74) is 13.7. The predicted molar refractivity (Wildman–Crippen MR) is 217 cm³/mol. The summed E-state index contributed by atoms with van der Waals surface area (Å²) in [6.45, 7) is 18.4. The van der Waals surface area contributed by atoms with Gasteiger partial charge in [0.1, 0.15) is 0 Å². The molecule has 6 rings (SSSR count). The lowest BCUT2D eigenvalue weighted by atomic mass is 10.00. The molecule has 3 aromatic rings. The first-order chi connectivity index (χ1) is 25.8. The first kappa shape index (κ1) is 38.2. The van der Waals surface area contributed by atoms with Crippen molar-refractivity contribution < 1.29 is 24.3 Å². The number of rotatable bonds is 13. The molecule has 1 unspecified atom stereocenters. The van der Waals surface area contributed by atoms with E-state index in [1.54, 1.807) is 0 Å². The number of carbonyl (C=O) groups excluding carboxylic acids is 3. The number of likely N-dealkylation sites (tertiary alicyclic amines) is 1. The van der Waals surface area contributed by atoms with Gasteiger partial charge >= 0.3 is 5.97 Å². The highest BCUT2D eigenvalue weighted by atomic mass is 32.2. The Morgan fingerprint density at radius 2 is 1.54 bits per heavy atom. The Hall–Kier alpha value is -5.49. The summed E-state index contributed by atoms with van der Waals surface area (Å²) in [5, 5.41) is 12.2. The van der Waals surface area contributed by atoms with Crippen LogP contribution in [0.2, 0.25) is 0 Å². The molecule has 1 atom stereocenters. The van der Waals surface area contributed by atoms with Crippen molar-refractivity contribution in [2.24, 2.45) is 0 Å². The zero-order valence-electron chi connectivity index (χ0n) is 31.4. The molecule has 8 bridgehead atoms. The minimum absolute atomic E-state index is 0.0506. The Bertz CT molecular complexity index is 2350. The molecule has 1 fully saturated rings. The van der Waals surface area contributed by atoms with Crippen molar-refractivity contribution in [2.75, 3.05) is 18.8 Å². The van der Waals surface area contributed by atoms with Gasteiger partial charge in [-0.05, 0) is 104 Å². The molecule has 11 nitrogen and oxygen atoms in total. The maximum atomic E-state index is 13.2. The van der Waals surface area contributed by atoms with E-state index in [1.807, 2.05) is 71.0 Å². The van der Waals surface area contributed by atoms with Gasteiger partial charge in [0.25, 0.3) is 0 Å². The number of hydrogen-bond donors (Lipinski definition) is 4. The number of imide groups is 1. The lowest BCUT2D eigenvalue weighted by molar-refractivity contribution is -0.139. The molecule has 0 saturated carbocycles. The SMILES string of the molecule is C=CC1=C(C)c2cc3[nH]c(cc4nc(cc5[nH]c(cc1n2)c(C)c5CCC(=O)NCCN1C(=O)CC(SCC)C1=O)C(CCC(=O)O)=C4C)c(C)c3C=C. The molecular formula is C42H46N6O5S. The van der Waals surface area contributed by atoms with Crippen LogP contribution in [0.1, 0.15) is 91.5 Å². The van der Waals surface area contributed by atoms with Gasteiger partial charge in [0, 0.05) is 65.6 Å². The van der Waals surface area contributed by atoms with Crippen molar-refractivity contribution in [1.29, 1.82) is 0 Å². The third kappa shape index (κ3) is 7.48. The molecule has 1 saturated heterocycles. The Morgan fingerprint density at radius 3 is 2.24 bits per heavy atom. The topological polar surface area (TPSA) is 161 Å². The number of hydrogen-bond acceptors (Lipinski definition) is 7. The predicted octanol–water partition coefficient (Wildman–Crippen LogP) is 7.42. The largest absolute Gasteiger partial charge is 0.481 e. The highest BCUT2D eigenvalue weighted by molar-refractivity contribution is 8.00. The summed E-state index contributed by atoms with van der Waals surface area (Å²) in [6, 6.07) is 7.95. The number of thioether (sulfide) groups is 1. The molecule has 280 valence electrons. The van der Waals surface area contributed by atoms with Crippen LogP contribution < -0.4 is 5.32 Å². The van der Waals surface area contributed by atoms with Crippen molar-refractivity contribution in [2.45, 2.75) is 72.0 Å². The quantitative estimate of drug-likeness (QED) is 0.132. The van der Waals surface area contributed by atoms with E-state index in [4.69, 9.17) is 9.97 Å². The number of aryl methyl sites for hydroxylation is 3. The molecule has 0 radical (unpaired) electrons. The van der Waals surface area contributed by atoms with Crippen LogP contribution in [-0.4, -0.2) is 77.7 Å². The van der Waals surface area contributed by atoms with Crippen molar-refractivity contribution in [3.63, 3.8) is 0 Å². The Kier molecular flexibility index (Phi) is 11.2. The molecule has 0 aliphatic carbocycles. The first-order valence-electron chi connectivity index (χ1n) is 18.2. The second kappa shape index (κ2) is 15.9. The monoisotopic (exact) mass is 746 g/mol. The summed E-state index contributed by atoms with van der Waals surface area (Å²) in [4.78, 5) is 68.5. The maximum Gasteiger partial charge on any atom is 0.303 e. The van der Waals surface area contributed by atoms with Crippen LogP contribution in [0, 0.1) is 13.8 Å². The lowest BCUT2D eigenvalue weighted by Gasteiger charge is -2.15. The van der Waals surface area contributed by atoms with Crippen LogP contribution in [0.4, 0.5) is 0 Å². The van der Waals surface area contributed by atoms with Crippen LogP contribution in [0.3, 0.4) is 0 Å². The zero-order valence-corrected chi connectivity index (χ0v) is 32.3. The average molecular weight is 747 g/mol. The van der Waals surface area contributed by atoms with Gasteiger partial charge in [0.05, 0.1) is 28.0 Å². The van der Waals surface area contributed by atoms with E-state index in [0.717, 1.165) is 89.4 Å². The van der Waals surface area contributed by atoms with Gasteiger partial charge in [0.2, 0.25) is 17.7 Å². The van der Waals surface area contributed by atoms with Crippen molar-refractivity contribution in [1.82, 2.24) is 30.2 Å². The minimum atomic E-state index is -0.895. The van der Waals surface area contributed by atoms with Gasteiger partial charge in [-0.1, -0.05) is 32.2 Å². The number of carboxylic acid groups (broad SMARTS) is 1. The van der Waals surface area contributed by atoms with Crippen LogP contribution in [0.25, 0.3) is 50.4 Å². The lowest BCUT2D eigenvalue weighted by Crippen LogP contribution is -2.38. The molecule has 3 amide bonds. The van der Waals surface area contributed by atoms with E-state index in [1.165, 1.54) is 16.7 Å². The van der Waals surface area contributed by atoms with Gasteiger partial charge in [-0.2, -0.15) is 0 Å². The highest BCUT2D eigenvalue weighted by Crippen LogP contribution is 2.36. The summed E-state index contributed by atoms with van der Waals surface area (Å²) >= 11 is 1.47. The van der Waals surface area contributed by atoms with Gasteiger partial charge < -0.3 is 20.4 Å². The molecule has 4 N–H and O–H groups in total. The summed E-state index contributed by atoms with van der Waals surface area (Å²) in [7, 11) is 0. The molecule has 12 heteroatoms. The molecule has 3 aliphatic heterocycles. The molecule has 6 heterocycles. The molecule has 0 spiro atoms. The summed E-state index contributed by atoms with van der Waals surface area (Å²) in [6.07, 6.45) is 4.64. The number of H-pyrrole nitrogens is 2. The van der Waals surface area contributed by atoms with Gasteiger partial charge in [-0.3, -0.25) is 24.1 Å². The van der Waals surface area contributed by atoms with Gasteiger partial charge in [0.15, 0.2) is 0 Å². The van der Waals surface area contributed by atoms with Crippen molar-refractivity contribution >= 4 is 85.9 Å². The molecule has 3 aromatic heterocycles.